The van der Waals surface area contributed by atoms with Gasteiger partial charge in [-0.1, -0.05) is 11.8 Å². The Hall–Kier alpha value is -1.14. The molecule has 1 aromatic heterocycles. The SMILES string of the molecule is Cc1ncc(N)cc1C#CCCS. The molecule has 1 rings (SSSR count). The number of nitrogens with zero attached hydrogens (tertiary/aromatic N) is 1. The van der Waals surface area contributed by atoms with Crippen LogP contribution in [0.5, 0.6) is 0 Å². The zero-order valence-corrected chi connectivity index (χ0v) is 8.44. The summed E-state index contributed by atoms with van der Waals surface area (Å²) in [6.07, 6.45) is 2.43. The molecule has 0 atom stereocenters. The largest absolute Gasteiger partial charge is 0.397 e. The molecule has 0 aliphatic carbocycles. The summed E-state index contributed by atoms with van der Waals surface area (Å²) < 4.78 is 0. The van der Waals surface area contributed by atoms with Gasteiger partial charge in [0.1, 0.15) is 0 Å². The molecule has 1 aromatic rings. The Morgan fingerprint density at radius 2 is 2.38 bits per heavy atom. The van der Waals surface area contributed by atoms with Gasteiger partial charge in [0.25, 0.3) is 0 Å². The van der Waals surface area contributed by atoms with Crippen molar-refractivity contribution < 1.29 is 0 Å². The number of anilines is 1. The lowest BCUT2D eigenvalue weighted by molar-refractivity contribution is 1.19. The number of pyridine rings is 1. The molecule has 0 radical (unpaired) electrons. The molecule has 68 valence electrons. The molecular weight excluding hydrogens is 180 g/mol. The van der Waals surface area contributed by atoms with Crippen LogP contribution in [0.15, 0.2) is 12.3 Å². The molecular formula is C10H12N2S. The monoisotopic (exact) mass is 192 g/mol. The fourth-order valence-electron chi connectivity index (χ4n) is 0.889. The maximum absolute atomic E-state index is 5.59. The molecule has 2 N–H and O–H groups in total. The molecule has 0 bridgehead atoms. The van der Waals surface area contributed by atoms with Gasteiger partial charge in [0.15, 0.2) is 0 Å². The van der Waals surface area contributed by atoms with Crippen LogP contribution in [-0.4, -0.2) is 10.7 Å². The van der Waals surface area contributed by atoms with Crippen LogP contribution in [0.25, 0.3) is 0 Å². The van der Waals surface area contributed by atoms with E-state index in [4.69, 9.17) is 5.73 Å². The van der Waals surface area contributed by atoms with Gasteiger partial charge in [0, 0.05) is 17.7 Å². The smallest absolute Gasteiger partial charge is 0.0530 e. The highest BCUT2D eigenvalue weighted by Gasteiger charge is 1.95. The topological polar surface area (TPSA) is 38.9 Å². The summed E-state index contributed by atoms with van der Waals surface area (Å²) in [6, 6.07) is 1.84. The van der Waals surface area contributed by atoms with Crippen LogP contribution in [-0.2, 0) is 0 Å². The maximum Gasteiger partial charge on any atom is 0.0530 e. The zero-order valence-electron chi connectivity index (χ0n) is 7.54. The third kappa shape index (κ3) is 3.00. The van der Waals surface area contributed by atoms with E-state index in [0.717, 1.165) is 23.4 Å². The number of nitrogens with two attached hydrogens (primary N) is 1. The van der Waals surface area contributed by atoms with E-state index in [-0.39, 0.29) is 0 Å². The molecule has 0 aliphatic heterocycles. The Morgan fingerprint density at radius 1 is 1.62 bits per heavy atom. The highest BCUT2D eigenvalue weighted by molar-refractivity contribution is 7.80. The molecule has 0 fully saturated rings. The first-order valence-corrected chi connectivity index (χ1v) is 4.69. The van der Waals surface area contributed by atoms with Gasteiger partial charge in [-0.05, 0) is 13.0 Å². The van der Waals surface area contributed by atoms with Crippen LogP contribution in [0.1, 0.15) is 17.7 Å². The van der Waals surface area contributed by atoms with E-state index in [2.05, 4.69) is 29.5 Å². The van der Waals surface area contributed by atoms with E-state index in [1.54, 1.807) is 6.20 Å². The van der Waals surface area contributed by atoms with Crippen molar-refractivity contribution in [3.05, 3.63) is 23.5 Å². The third-order valence-electron chi connectivity index (χ3n) is 1.57. The van der Waals surface area contributed by atoms with Crippen LogP contribution in [0, 0.1) is 18.8 Å². The quantitative estimate of drug-likeness (QED) is 0.524. The lowest BCUT2D eigenvalue weighted by Gasteiger charge is -1.97. The Morgan fingerprint density at radius 3 is 3.08 bits per heavy atom. The molecule has 13 heavy (non-hydrogen) atoms. The van der Waals surface area contributed by atoms with E-state index in [9.17, 15) is 0 Å². The van der Waals surface area contributed by atoms with Gasteiger partial charge in [-0.25, -0.2) is 0 Å². The lowest BCUT2D eigenvalue weighted by Crippen LogP contribution is -1.92. The minimum absolute atomic E-state index is 0.653. The number of aromatic nitrogens is 1. The predicted octanol–water partition coefficient (Wildman–Crippen LogP) is 1.64. The van der Waals surface area contributed by atoms with Crippen molar-refractivity contribution in [2.45, 2.75) is 13.3 Å². The molecule has 1 heterocycles. The van der Waals surface area contributed by atoms with Crippen molar-refractivity contribution in [1.82, 2.24) is 4.98 Å². The van der Waals surface area contributed by atoms with Crippen LogP contribution >= 0.6 is 12.6 Å². The Bertz CT molecular complexity index is 350. The van der Waals surface area contributed by atoms with Gasteiger partial charge in [0.05, 0.1) is 17.6 Å². The first-order chi connectivity index (χ1) is 6.24. The van der Waals surface area contributed by atoms with E-state index in [0.29, 0.717) is 5.69 Å². The number of hydrogen-bond acceptors (Lipinski definition) is 3. The third-order valence-corrected chi connectivity index (χ3v) is 1.79. The van der Waals surface area contributed by atoms with Crippen LogP contribution in [0.3, 0.4) is 0 Å². The molecule has 3 heteroatoms. The van der Waals surface area contributed by atoms with Gasteiger partial charge >= 0.3 is 0 Å². The van der Waals surface area contributed by atoms with E-state index >= 15 is 0 Å². The molecule has 0 saturated heterocycles. The highest BCUT2D eigenvalue weighted by Crippen LogP contribution is 2.07. The molecule has 0 unspecified atom stereocenters. The predicted molar refractivity (Wildman–Crippen MR) is 58.7 cm³/mol. The number of aryl methyl sites for hydroxylation is 1. The minimum Gasteiger partial charge on any atom is -0.397 e. The van der Waals surface area contributed by atoms with Gasteiger partial charge in [0.2, 0.25) is 0 Å². The van der Waals surface area contributed by atoms with E-state index in [1.807, 2.05) is 13.0 Å². The van der Waals surface area contributed by atoms with Crippen molar-refractivity contribution in [3.63, 3.8) is 0 Å². The summed E-state index contributed by atoms with van der Waals surface area (Å²) in [5.41, 5.74) is 8.06. The van der Waals surface area contributed by atoms with Crippen LogP contribution < -0.4 is 5.73 Å². The number of rotatable bonds is 1. The Balaban J connectivity index is 2.89. The van der Waals surface area contributed by atoms with Gasteiger partial charge in [-0.3, -0.25) is 4.98 Å². The lowest BCUT2D eigenvalue weighted by atomic mass is 10.2. The normalized spacial score (nSPS) is 9.08. The summed E-state index contributed by atoms with van der Waals surface area (Å²) in [5, 5.41) is 0. The van der Waals surface area contributed by atoms with Crippen molar-refractivity contribution >= 4 is 18.3 Å². The molecule has 0 aromatic carbocycles. The second-order valence-corrected chi connectivity index (χ2v) is 3.12. The van der Waals surface area contributed by atoms with Crippen molar-refractivity contribution in [1.29, 1.82) is 0 Å². The number of thiol groups is 1. The van der Waals surface area contributed by atoms with E-state index in [1.165, 1.54) is 0 Å². The number of nitrogen functional groups attached to an aromatic ring is 1. The van der Waals surface area contributed by atoms with Gasteiger partial charge in [-0.2, -0.15) is 12.6 Å². The first kappa shape index (κ1) is 9.94. The second-order valence-electron chi connectivity index (χ2n) is 2.68. The minimum atomic E-state index is 0.653. The molecule has 0 aliphatic rings. The first-order valence-electron chi connectivity index (χ1n) is 4.06. The summed E-state index contributed by atoms with van der Waals surface area (Å²) in [6.45, 7) is 1.92. The van der Waals surface area contributed by atoms with Crippen molar-refractivity contribution in [2.24, 2.45) is 0 Å². The summed E-state index contributed by atoms with van der Waals surface area (Å²) in [7, 11) is 0. The van der Waals surface area contributed by atoms with Crippen LogP contribution in [0.2, 0.25) is 0 Å². The van der Waals surface area contributed by atoms with Crippen molar-refractivity contribution in [2.75, 3.05) is 11.5 Å². The molecule has 0 saturated carbocycles. The standard InChI is InChI=1S/C10H12N2S/c1-8-9(4-2-3-5-13)6-10(11)7-12-8/h6-7,13H,3,5,11H2,1H3. The maximum atomic E-state index is 5.59. The average Bonchev–Trinajstić information content (AvgIpc) is 2.11. The van der Waals surface area contributed by atoms with Crippen molar-refractivity contribution in [3.8, 4) is 11.8 Å². The van der Waals surface area contributed by atoms with Gasteiger partial charge in [-0.15, -0.1) is 0 Å². The highest BCUT2D eigenvalue weighted by atomic mass is 32.1. The molecule has 0 amide bonds. The summed E-state index contributed by atoms with van der Waals surface area (Å²) in [5.74, 6) is 6.79. The average molecular weight is 192 g/mol. The molecule has 2 nitrogen and oxygen atoms in total. The second kappa shape index (κ2) is 4.78. The molecule has 0 spiro atoms. The van der Waals surface area contributed by atoms with Crippen LogP contribution in [0.4, 0.5) is 5.69 Å². The number of hydrogen-bond donors (Lipinski definition) is 2. The fourth-order valence-corrected chi connectivity index (χ4v) is 1.00. The zero-order chi connectivity index (χ0) is 9.68. The summed E-state index contributed by atoms with van der Waals surface area (Å²) in [4.78, 5) is 4.11. The van der Waals surface area contributed by atoms with Gasteiger partial charge < -0.3 is 5.73 Å². The fraction of sp³-hybridized carbons (Fsp3) is 0.300. The van der Waals surface area contributed by atoms with E-state index < -0.39 is 0 Å². The Labute approximate surface area is 84.0 Å². The Kier molecular flexibility index (Phi) is 3.66. The summed E-state index contributed by atoms with van der Waals surface area (Å²) >= 11 is 4.07.